The normalized spacial score (nSPS) is 21.3. The zero-order valence-corrected chi connectivity index (χ0v) is 11.0. The molecule has 1 saturated heterocycles. The topological polar surface area (TPSA) is 88.6 Å². The third kappa shape index (κ3) is 3.65. The Kier molecular flexibility index (Phi) is 4.34. The molecule has 3 N–H and O–H groups in total. The zero-order valence-electron chi connectivity index (χ0n) is 11.0. The standard InChI is InChI=1S/C13H19N3O3/c1-9(14)10-4-5-16(7-10)8-12(17)15-13(18)11-3-2-6-19-11/h2-3,6,9-10H,4-5,7-8,14H2,1H3,(H,15,17,18). The van der Waals surface area contributed by atoms with Gasteiger partial charge in [0.1, 0.15) is 0 Å². The van der Waals surface area contributed by atoms with E-state index in [2.05, 4.69) is 5.32 Å². The maximum Gasteiger partial charge on any atom is 0.293 e. The number of imide groups is 1. The van der Waals surface area contributed by atoms with Crippen LogP contribution in [-0.4, -0.2) is 42.4 Å². The number of nitrogens with one attached hydrogen (secondary N) is 1. The van der Waals surface area contributed by atoms with Gasteiger partial charge in [0.05, 0.1) is 12.8 Å². The monoisotopic (exact) mass is 265 g/mol. The van der Waals surface area contributed by atoms with Gasteiger partial charge >= 0.3 is 0 Å². The first-order valence-corrected chi connectivity index (χ1v) is 6.42. The lowest BCUT2D eigenvalue weighted by Crippen LogP contribution is -2.39. The first-order valence-electron chi connectivity index (χ1n) is 6.42. The minimum Gasteiger partial charge on any atom is -0.459 e. The highest BCUT2D eigenvalue weighted by atomic mass is 16.3. The molecule has 0 saturated carbocycles. The lowest BCUT2D eigenvalue weighted by Gasteiger charge is -2.16. The molecule has 1 aromatic heterocycles. The molecule has 6 heteroatoms. The minimum atomic E-state index is -0.502. The molecular formula is C13H19N3O3. The van der Waals surface area contributed by atoms with Gasteiger partial charge in [0, 0.05) is 12.6 Å². The van der Waals surface area contributed by atoms with Crippen molar-refractivity contribution in [1.82, 2.24) is 10.2 Å². The van der Waals surface area contributed by atoms with Crippen LogP contribution in [0.3, 0.4) is 0 Å². The summed E-state index contributed by atoms with van der Waals surface area (Å²) in [4.78, 5) is 25.3. The quantitative estimate of drug-likeness (QED) is 0.812. The maximum atomic E-state index is 11.7. The number of hydrogen-bond acceptors (Lipinski definition) is 5. The summed E-state index contributed by atoms with van der Waals surface area (Å²) in [5.41, 5.74) is 5.84. The molecule has 0 bridgehead atoms. The fraction of sp³-hybridized carbons (Fsp3) is 0.538. The van der Waals surface area contributed by atoms with Crippen molar-refractivity contribution in [2.75, 3.05) is 19.6 Å². The highest BCUT2D eigenvalue weighted by molar-refractivity contribution is 6.03. The van der Waals surface area contributed by atoms with Gasteiger partial charge in [-0.05, 0) is 37.9 Å². The van der Waals surface area contributed by atoms with Gasteiger partial charge in [-0.3, -0.25) is 19.8 Å². The second-order valence-corrected chi connectivity index (χ2v) is 5.00. The van der Waals surface area contributed by atoms with Gasteiger partial charge in [-0.2, -0.15) is 0 Å². The van der Waals surface area contributed by atoms with E-state index in [0.29, 0.717) is 5.92 Å². The molecule has 2 unspecified atom stereocenters. The van der Waals surface area contributed by atoms with Gasteiger partial charge in [-0.15, -0.1) is 0 Å². The lowest BCUT2D eigenvalue weighted by molar-refractivity contribution is -0.121. The SMILES string of the molecule is CC(N)C1CCN(CC(=O)NC(=O)c2ccco2)C1. The largest absolute Gasteiger partial charge is 0.459 e. The molecule has 0 aliphatic carbocycles. The van der Waals surface area contributed by atoms with Gasteiger partial charge in [-0.1, -0.05) is 0 Å². The first kappa shape index (κ1) is 13.8. The van der Waals surface area contributed by atoms with Crippen LogP contribution in [0.5, 0.6) is 0 Å². The number of carbonyl (C=O) groups excluding carboxylic acids is 2. The Labute approximate surface area is 111 Å². The number of amides is 2. The van der Waals surface area contributed by atoms with E-state index in [0.717, 1.165) is 19.5 Å². The molecule has 6 nitrogen and oxygen atoms in total. The van der Waals surface area contributed by atoms with Crippen molar-refractivity contribution < 1.29 is 14.0 Å². The Hall–Kier alpha value is -1.66. The van der Waals surface area contributed by atoms with Crippen LogP contribution < -0.4 is 11.1 Å². The molecular weight excluding hydrogens is 246 g/mol. The van der Waals surface area contributed by atoms with Crippen LogP contribution in [0.25, 0.3) is 0 Å². The van der Waals surface area contributed by atoms with Crippen LogP contribution in [0.2, 0.25) is 0 Å². The molecule has 1 aliphatic heterocycles. The van der Waals surface area contributed by atoms with Gasteiger partial charge in [0.25, 0.3) is 5.91 Å². The van der Waals surface area contributed by atoms with Crippen molar-refractivity contribution in [2.24, 2.45) is 11.7 Å². The molecule has 0 aromatic carbocycles. The van der Waals surface area contributed by atoms with Crippen LogP contribution in [0.4, 0.5) is 0 Å². The molecule has 0 radical (unpaired) electrons. The Morgan fingerprint density at radius 1 is 1.63 bits per heavy atom. The number of hydrogen-bond donors (Lipinski definition) is 2. The number of furan rings is 1. The van der Waals surface area contributed by atoms with Crippen LogP contribution >= 0.6 is 0 Å². The van der Waals surface area contributed by atoms with Crippen LogP contribution in [0, 0.1) is 5.92 Å². The average molecular weight is 265 g/mol. The Bertz CT molecular complexity index is 442. The van der Waals surface area contributed by atoms with Crippen molar-refractivity contribution >= 4 is 11.8 Å². The number of rotatable bonds is 4. The smallest absolute Gasteiger partial charge is 0.293 e. The van der Waals surface area contributed by atoms with Crippen molar-refractivity contribution in [3.8, 4) is 0 Å². The van der Waals surface area contributed by atoms with Gasteiger partial charge < -0.3 is 10.2 Å². The molecule has 1 fully saturated rings. The lowest BCUT2D eigenvalue weighted by atomic mass is 10.0. The van der Waals surface area contributed by atoms with E-state index in [9.17, 15) is 9.59 Å². The zero-order chi connectivity index (χ0) is 13.8. The van der Waals surface area contributed by atoms with Gasteiger partial charge in [0.2, 0.25) is 5.91 Å². The van der Waals surface area contributed by atoms with E-state index >= 15 is 0 Å². The molecule has 104 valence electrons. The minimum absolute atomic E-state index is 0.137. The molecule has 2 atom stereocenters. The summed E-state index contributed by atoms with van der Waals surface area (Å²) in [6.07, 6.45) is 2.39. The Morgan fingerprint density at radius 3 is 3.00 bits per heavy atom. The summed E-state index contributed by atoms with van der Waals surface area (Å²) >= 11 is 0. The summed E-state index contributed by atoms with van der Waals surface area (Å²) < 4.78 is 4.92. The summed E-state index contributed by atoms with van der Waals surface area (Å²) in [5, 5.41) is 2.31. The van der Waals surface area contributed by atoms with Crippen LogP contribution in [-0.2, 0) is 4.79 Å². The molecule has 0 spiro atoms. The maximum absolute atomic E-state index is 11.7. The highest BCUT2D eigenvalue weighted by Gasteiger charge is 2.26. The van der Waals surface area contributed by atoms with Crippen molar-refractivity contribution in [3.63, 3.8) is 0 Å². The molecule has 2 heterocycles. The van der Waals surface area contributed by atoms with Crippen molar-refractivity contribution in [2.45, 2.75) is 19.4 Å². The summed E-state index contributed by atoms with van der Waals surface area (Å²) in [6.45, 7) is 3.85. The Morgan fingerprint density at radius 2 is 2.42 bits per heavy atom. The predicted octanol–water partition coefficient (Wildman–Crippen LogP) is 0.205. The molecule has 2 rings (SSSR count). The van der Waals surface area contributed by atoms with E-state index in [1.54, 1.807) is 6.07 Å². The van der Waals surface area contributed by atoms with Crippen LogP contribution in [0.15, 0.2) is 22.8 Å². The van der Waals surface area contributed by atoms with E-state index in [1.807, 2.05) is 11.8 Å². The number of nitrogens with two attached hydrogens (primary N) is 1. The second kappa shape index (κ2) is 5.99. The number of carbonyl (C=O) groups is 2. The van der Waals surface area contributed by atoms with Crippen molar-refractivity contribution in [3.05, 3.63) is 24.2 Å². The Balaban J connectivity index is 1.78. The van der Waals surface area contributed by atoms with E-state index in [4.69, 9.17) is 10.2 Å². The average Bonchev–Trinajstić information content (AvgIpc) is 2.98. The third-order valence-electron chi connectivity index (χ3n) is 3.42. The summed E-state index contributed by atoms with van der Waals surface area (Å²) in [5.74, 6) is -0.249. The molecule has 2 amide bonds. The van der Waals surface area contributed by atoms with Gasteiger partial charge in [-0.25, -0.2) is 0 Å². The molecule has 19 heavy (non-hydrogen) atoms. The fourth-order valence-corrected chi connectivity index (χ4v) is 2.27. The number of nitrogens with zero attached hydrogens (tertiary/aromatic N) is 1. The summed E-state index contributed by atoms with van der Waals surface area (Å²) in [7, 11) is 0. The predicted molar refractivity (Wildman–Crippen MR) is 69.4 cm³/mol. The summed E-state index contributed by atoms with van der Waals surface area (Å²) in [6, 6.07) is 3.26. The van der Waals surface area contributed by atoms with E-state index in [-0.39, 0.29) is 24.3 Å². The van der Waals surface area contributed by atoms with Crippen LogP contribution in [0.1, 0.15) is 23.9 Å². The van der Waals surface area contributed by atoms with E-state index < -0.39 is 5.91 Å². The molecule has 1 aromatic rings. The third-order valence-corrected chi connectivity index (χ3v) is 3.42. The van der Waals surface area contributed by atoms with Crippen molar-refractivity contribution in [1.29, 1.82) is 0 Å². The first-order chi connectivity index (χ1) is 9.06. The number of likely N-dealkylation sites (tertiary alicyclic amines) is 1. The second-order valence-electron chi connectivity index (χ2n) is 5.00. The van der Waals surface area contributed by atoms with Gasteiger partial charge in [0.15, 0.2) is 5.76 Å². The molecule has 1 aliphatic rings. The fourth-order valence-electron chi connectivity index (χ4n) is 2.27. The van der Waals surface area contributed by atoms with E-state index in [1.165, 1.54) is 12.3 Å². The highest BCUT2D eigenvalue weighted by Crippen LogP contribution is 2.17.